The van der Waals surface area contributed by atoms with Gasteiger partial charge in [-0.1, -0.05) is 0 Å². The lowest BCUT2D eigenvalue weighted by atomic mass is 10.2. The normalized spacial score (nSPS) is 15.1. The van der Waals surface area contributed by atoms with Crippen LogP contribution in [-0.4, -0.2) is 64.4 Å². The highest BCUT2D eigenvalue weighted by molar-refractivity contribution is 9.10. The van der Waals surface area contributed by atoms with E-state index >= 15 is 0 Å². The minimum Gasteiger partial charge on any atom is -0.495 e. The lowest BCUT2D eigenvalue weighted by Gasteiger charge is -2.26. The Kier molecular flexibility index (Phi) is 7.81. The highest BCUT2D eigenvalue weighted by Crippen LogP contribution is 2.35. The zero-order valence-electron chi connectivity index (χ0n) is 14.3. The Morgan fingerprint density at radius 3 is 2.42 bits per heavy atom. The second kappa shape index (κ2) is 9.86. The average Bonchev–Trinajstić information content (AvgIpc) is 2.62. The summed E-state index contributed by atoms with van der Waals surface area (Å²) in [6, 6.07) is 3.41. The predicted octanol–water partition coefficient (Wildman–Crippen LogP) is 2.31. The van der Waals surface area contributed by atoms with Gasteiger partial charge in [-0.15, -0.1) is 0 Å². The molecule has 1 amide bonds. The van der Waals surface area contributed by atoms with Crippen LogP contribution in [-0.2, 0) is 4.74 Å². The number of methoxy groups -OCH3 is 2. The standard InChI is InChI=1S/C17H25BrN2O4/c1-22-14-11-13(12-15(23-2)16(14)18)17(21)19-5-3-4-6-20-7-9-24-10-8-20/h11-12H,3-10H2,1-2H3,(H,19,21). The molecule has 0 aromatic heterocycles. The first-order valence-corrected chi connectivity index (χ1v) is 8.95. The van der Waals surface area contributed by atoms with E-state index in [-0.39, 0.29) is 5.91 Å². The van der Waals surface area contributed by atoms with Crippen molar-refractivity contribution in [3.05, 3.63) is 22.2 Å². The van der Waals surface area contributed by atoms with Crippen molar-refractivity contribution in [1.29, 1.82) is 0 Å². The van der Waals surface area contributed by atoms with Gasteiger partial charge in [0.25, 0.3) is 5.91 Å². The zero-order chi connectivity index (χ0) is 17.4. The Hall–Kier alpha value is -1.31. The van der Waals surface area contributed by atoms with Crippen LogP contribution in [0, 0.1) is 0 Å². The van der Waals surface area contributed by atoms with Gasteiger partial charge >= 0.3 is 0 Å². The Labute approximate surface area is 151 Å². The van der Waals surface area contributed by atoms with Gasteiger partial charge in [-0.25, -0.2) is 0 Å². The maximum atomic E-state index is 12.3. The molecule has 1 heterocycles. The summed E-state index contributed by atoms with van der Waals surface area (Å²) in [6.45, 7) is 5.37. The summed E-state index contributed by atoms with van der Waals surface area (Å²) in [4.78, 5) is 14.7. The molecule has 1 aromatic carbocycles. The summed E-state index contributed by atoms with van der Waals surface area (Å²) in [6.07, 6.45) is 2.02. The highest BCUT2D eigenvalue weighted by Gasteiger charge is 2.14. The maximum absolute atomic E-state index is 12.3. The molecule has 0 radical (unpaired) electrons. The van der Waals surface area contributed by atoms with Crippen LogP contribution in [0.1, 0.15) is 23.2 Å². The molecule has 2 rings (SSSR count). The fraction of sp³-hybridized carbons (Fsp3) is 0.588. The van der Waals surface area contributed by atoms with Gasteiger partial charge in [0.05, 0.1) is 27.4 Å². The molecule has 0 atom stereocenters. The summed E-state index contributed by atoms with van der Waals surface area (Å²) in [7, 11) is 3.12. The first-order chi connectivity index (χ1) is 11.7. The molecule has 1 aromatic rings. The van der Waals surface area contributed by atoms with E-state index in [9.17, 15) is 4.79 Å². The van der Waals surface area contributed by atoms with Gasteiger partial charge in [-0.3, -0.25) is 9.69 Å². The highest BCUT2D eigenvalue weighted by atomic mass is 79.9. The van der Waals surface area contributed by atoms with E-state index in [1.54, 1.807) is 26.4 Å². The summed E-state index contributed by atoms with van der Waals surface area (Å²) >= 11 is 3.40. The molecule has 0 unspecified atom stereocenters. The SMILES string of the molecule is COc1cc(C(=O)NCCCCN2CCOCC2)cc(OC)c1Br. The van der Waals surface area contributed by atoms with Crippen LogP contribution in [0.15, 0.2) is 16.6 Å². The van der Waals surface area contributed by atoms with Crippen LogP contribution in [0.4, 0.5) is 0 Å². The number of nitrogens with one attached hydrogen (secondary N) is 1. The number of morpholine rings is 1. The van der Waals surface area contributed by atoms with E-state index in [2.05, 4.69) is 26.1 Å². The number of halogens is 1. The van der Waals surface area contributed by atoms with E-state index < -0.39 is 0 Å². The summed E-state index contributed by atoms with van der Waals surface area (Å²) in [5, 5.41) is 2.95. The number of benzene rings is 1. The first-order valence-electron chi connectivity index (χ1n) is 8.15. The third kappa shape index (κ3) is 5.36. The van der Waals surface area contributed by atoms with Crippen molar-refractivity contribution < 1.29 is 19.0 Å². The fourth-order valence-electron chi connectivity index (χ4n) is 2.59. The van der Waals surface area contributed by atoms with E-state index in [0.717, 1.165) is 45.7 Å². The molecule has 1 fully saturated rings. The molecule has 24 heavy (non-hydrogen) atoms. The molecule has 1 aliphatic rings. The molecule has 0 spiro atoms. The van der Waals surface area contributed by atoms with Crippen molar-refractivity contribution in [2.75, 3.05) is 53.6 Å². The first kappa shape index (κ1) is 19.0. The minimum absolute atomic E-state index is 0.120. The quantitative estimate of drug-likeness (QED) is 0.678. The summed E-state index contributed by atoms with van der Waals surface area (Å²) in [5.41, 5.74) is 0.528. The van der Waals surface area contributed by atoms with Crippen LogP contribution in [0.3, 0.4) is 0 Å². The van der Waals surface area contributed by atoms with E-state index in [4.69, 9.17) is 14.2 Å². The molecule has 7 heteroatoms. The zero-order valence-corrected chi connectivity index (χ0v) is 15.9. The van der Waals surface area contributed by atoms with Gasteiger partial charge in [0.15, 0.2) is 0 Å². The number of hydrogen-bond donors (Lipinski definition) is 1. The molecule has 0 saturated carbocycles. The lowest BCUT2D eigenvalue weighted by Crippen LogP contribution is -2.37. The molecular weight excluding hydrogens is 376 g/mol. The number of ether oxygens (including phenoxy) is 3. The van der Waals surface area contributed by atoms with Crippen LogP contribution in [0.5, 0.6) is 11.5 Å². The smallest absolute Gasteiger partial charge is 0.251 e. The molecule has 1 N–H and O–H groups in total. The molecule has 0 aliphatic carbocycles. The van der Waals surface area contributed by atoms with Crippen molar-refractivity contribution in [2.45, 2.75) is 12.8 Å². The lowest BCUT2D eigenvalue weighted by molar-refractivity contribution is 0.0372. The number of carbonyl (C=O) groups is 1. The molecule has 1 aliphatic heterocycles. The van der Waals surface area contributed by atoms with Gasteiger partial charge in [0.2, 0.25) is 0 Å². The molecular formula is C17H25BrN2O4. The molecule has 0 bridgehead atoms. The van der Waals surface area contributed by atoms with Crippen molar-refractivity contribution in [1.82, 2.24) is 10.2 Å². The van der Waals surface area contributed by atoms with Crippen molar-refractivity contribution in [3.63, 3.8) is 0 Å². The van der Waals surface area contributed by atoms with E-state index in [0.29, 0.717) is 28.1 Å². The second-order valence-corrected chi connectivity index (χ2v) is 6.40. The Bertz CT molecular complexity index is 522. The fourth-order valence-corrected chi connectivity index (χ4v) is 3.14. The van der Waals surface area contributed by atoms with Gasteiger partial charge < -0.3 is 19.5 Å². The van der Waals surface area contributed by atoms with Gasteiger partial charge in [0, 0.05) is 25.2 Å². The van der Waals surface area contributed by atoms with Crippen LogP contribution < -0.4 is 14.8 Å². The molecule has 134 valence electrons. The largest absolute Gasteiger partial charge is 0.495 e. The number of nitrogens with zero attached hydrogens (tertiary/aromatic N) is 1. The number of rotatable bonds is 8. The van der Waals surface area contributed by atoms with Crippen molar-refractivity contribution >= 4 is 21.8 Å². The number of carbonyl (C=O) groups excluding carboxylic acids is 1. The van der Waals surface area contributed by atoms with Gasteiger partial charge in [-0.2, -0.15) is 0 Å². The second-order valence-electron chi connectivity index (χ2n) is 5.61. The van der Waals surface area contributed by atoms with Crippen molar-refractivity contribution in [2.24, 2.45) is 0 Å². The molecule has 6 nitrogen and oxygen atoms in total. The predicted molar refractivity (Wildman–Crippen MR) is 96.1 cm³/mol. The van der Waals surface area contributed by atoms with Crippen LogP contribution >= 0.6 is 15.9 Å². The number of amides is 1. The Morgan fingerprint density at radius 1 is 1.21 bits per heavy atom. The Morgan fingerprint density at radius 2 is 1.83 bits per heavy atom. The van der Waals surface area contributed by atoms with Crippen molar-refractivity contribution in [3.8, 4) is 11.5 Å². The Balaban J connectivity index is 1.77. The number of unbranched alkanes of at least 4 members (excludes halogenated alkanes) is 1. The van der Waals surface area contributed by atoms with E-state index in [1.807, 2.05) is 0 Å². The average molecular weight is 401 g/mol. The van der Waals surface area contributed by atoms with Gasteiger partial charge in [0.1, 0.15) is 16.0 Å². The summed E-state index contributed by atoms with van der Waals surface area (Å²) < 4.78 is 16.6. The number of hydrogen-bond acceptors (Lipinski definition) is 5. The van der Waals surface area contributed by atoms with Crippen LogP contribution in [0.25, 0.3) is 0 Å². The van der Waals surface area contributed by atoms with E-state index in [1.165, 1.54) is 0 Å². The van der Waals surface area contributed by atoms with Gasteiger partial charge in [-0.05, 0) is 47.4 Å². The monoisotopic (exact) mass is 400 g/mol. The minimum atomic E-state index is -0.120. The topological polar surface area (TPSA) is 60.0 Å². The molecule has 1 saturated heterocycles. The third-order valence-corrected chi connectivity index (χ3v) is 4.78. The van der Waals surface area contributed by atoms with Crippen LogP contribution in [0.2, 0.25) is 0 Å². The third-order valence-electron chi connectivity index (χ3n) is 4.00. The summed E-state index contributed by atoms with van der Waals surface area (Å²) in [5.74, 6) is 1.03. The maximum Gasteiger partial charge on any atom is 0.251 e.